The Hall–Kier alpha value is -1.75. The van der Waals surface area contributed by atoms with Gasteiger partial charge in [0.25, 0.3) is 5.91 Å². The van der Waals surface area contributed by atoms with Gasteiger partial charge in [0.2, 0.25) is 0 Å². The van der Waals surface area contributed by atoms with Gasteiger partial charge in [0.15, 0.2) is 0 Å². The summed E-state index contributed by atoms with van der Waals surface area (Å²) in [6.45, 7) is 2.89. The number of carbonyl (C=O) groups is 1. The molecule has 4 N–H and O–H groups in total. The summed E-state index contributed by atoms with van der Waals surface area (Å²) in [5.41, 5.74) is 6.42. The summed E-state index contributed by atoms with van der Waals surface area (Å²) in [4.78, 5) is 13.9. The minimum atomic E-state index is -0.413. The van der Waals surface area contributed by atoms with Crippen molar-refractivity contribution >= 4 is 11.6 Å². The number of hydrogen-bond acceptors (Lipinski definition) is 4. The van der Waals surface area contributed by atoms with Gasteiger partial charge < -0.3 is 20.8 Å². The summed E-state index contributed by atoms with van der Waals surface area (Å²) in [7, 11) is 0. The number of carbonyl (C=O) groups excluding carboxylic acids is 1. The molecule has 1 saturated heterocycles. The molecule has 0 saturated carbocycles. The van der Waals surface area contributed by atoms with Crippen molar-refractivity contribution in [3.05, 3.63) is 23.8 Å². The Morgan fingerprint density at radius 2 is 2.28 bits per heavy atom. The molecule has 1 heterocycles. The third-order valence-electron chi connectivity index (χ3n) is 3.46. The van der Waals surface area contributed by atoms with Crippen LogP contribution in [-0.2, 0) is 0 Å². The van der Waals surface area contributed by atoms with Crippen molar-refractivity contribution < 1.29 is 15.0 Å². The average Bonchev–Trinajstić information content (AvgIpc) is 2.81. The van der Waals surface area contributed by atoms with Gasteiger partial charge in [-0.2, -0.15) is 0 Å². The molecule has 5 heteroatoms. The van der Waals surface area contributed by atoms with Crippen molar-refractivity contribution in [3.63, 3.8) is 0 Å². The maximum absolute atomic E-state index is 12.2. The van der Waals surface area contributed by atoms with Gasteiger partial charge in [0, 0.05) is 24.7 Å². The van der Waals surface area contributed by atoms with Crippen molar-refractivity contribution in [1.29, 1.82) is 0 Å². The molecule has 1 aliphatic heterocycles. The van der Waals surface area contributed by atoms with Crippen LogP contribution in [0.3, 0.4) is 0 Å². The lowest BCUT2D eigenvalue weighted by Crippen LogP contribution is -2.30. The van der Waals surface area contributed by atoms with Gasteiger partial charge in [-0.1, -0.05) is 0 Å². The van der Waals surface area contributed by atoms with Crippen LogP contribution in [-0.4, -0.2) is 40.2 Å². The molecule has 98 valence electrons. The first-order valence-electron chi connectivity index (χ1n) is 6.05. The molecule has 0 spiro atoms. The maximum atomic E-state index is 12.2. The first kappa shape index (κ1) is 12.7. The highest BCUT2D eigenvalue weighted by molar-refractivity contribution is 5.99. The SMILES string of the molecule is CC(O)C1CCN(C(=O)c2cc(O)ccc2N)C1. The van der Waals surface area contributed by atoms with Crippen molar-refractivity contribution in [2.45, 2.75) is 19.4 Å². The molecule has 1 fully saturated rings. The average molecular weight is 250 g/mol. The molecule has 2 atom stereocenters. The number of phenols is 1. The fraction of sp³-hybridized carbons (Fsp3) is 0.462. The summed E-state index contributed by atoms with van der Waals surface area (Å²) < 4.78 is 0. The van der Waals surface area contributed by atoms with Gasteiger partial charge in [-0.05, 0) is 31.5 Å². The van der Waals surface area contributed by atoms with E-state index in [9.17, 15) is 15.0 Å². The van der Waals surface area contributed by atoms with Crippen LogP contribution in [0.1, 0.15) is 23.7 Å². The highest BCUT2D eigenvalue weighted by atomic mass is 16.3. The largest absolute Gasteiger partial charge is 0.508 e. The number of nitrogens with two attached hydrogens (primary N) is 1. The number of nitrogens with zero attached hydrogens (tertiary/aromatic N) is 1. The molecular formula is C13H18N2O3. The quantitative estimate of drug-likeness (QED) is 0.535. The van der Waals surface area contributed by atoms with Crippen LogP contribution in [0.15, 0.2) is 18.2 Å². The summed E-state index contributed by atoms with van der Waals surface area (Å²) in [5.74, 6) is -0.0437. The highest BCUT2D eigenvalue weighted by Gasteiger charge is 2.30. The van der Waals surface area contributed by atoms with E-state index >= 15 is 0 Å². The molecule has 1 aromatic rings. The van der Waals surface area contributed by atoms with Crippen molar-refractivity contribution in [1.82, 2.24) is 4.90 Å². The topological polar surface area (TPSA) is 86.8 Å². The lowest BCUT2D eigenvalue weighted by molar-refractivity contribution is 0.0763. The van der Waals surface area contributed by atoms with Crippen molar-refractivity contribution in [3.8, 4) is 5.75 Å². The number of rotatable bonds is 2. The molecule has 1 aromatic carbocycles. The van der Waals surface area contributed by atoms with Crippen molar-refractivity contribution in [2.24, 2.45) is 5.92 Å². The van der Waals surface area contributed by atoms with E-state index in [1.54, 1.807) is 11.8 Å². The minimum Gasteiger partial charge on any atom is -0.508 e. The van der Waals surface area contributed by atoms with Crippen LogP contribution in [0.25, 0.3) is 0 Å². The Morgan fingerprint density at radius 1 is 1.56 bits per heavy atom. The second-order valence-corrected chi connectivity index (χ2v) is 4.81. The molecule has 5 nitrogen and oxygen atoms in total. The number of likely N-dealkylation sites (tertiary alicyclic amines) is 1. The van der Waals surface area contributed by atoms with Gasteiger partial charge in [-0.15, -0.1) is 0 Å². The summed E-state index contributed by atoms with van der Waals surface area (Å²) in [6.07, 6.45) is 0.381. The molecular weight excluding hydrogens is 232 g/mol. The Balaban J connectivity index is 2.15. The summed E-state index contributed by atoms with van der Waals surface area (Å²) >= 11 is 0. The normalized spacial score (nSPS) is 21.0. The molecule has 0 aliphatic carbocycles. The first-order valence-corrected chi connectivity index (χ1v) is 6.05. The standard InChI is InChI=1S/C13H18N2O3/c1-8(16)9-4-5-15(7-9)13(18)11-6-10(17)2-3-12(11)14/h2-3,6,8-9,16-17H,4-5,7,14H2,1H3. The number of phenolic OH excluding ortho intramolecular Hbond substituents is 1. The number of benzene rings is 1. The second kappa shape index (κ2) is 4.86. The zero-order valence-electron chi connectivity index (χ0n) is 10.3. The fourth-order valence-electron chi connectivity index (χ4n) is 2.27. The number of amides is 1. The van der Waals surface area contributed by atoms with Crippen LogP contribution >= 0.6 is 0 Å². The summed E-state index contributed by atoms with van der Waals surface area (Å²) in [6, 6.07) is 4.35. The summed E-state index contributed by atoms with van der Waals surface area (Å²) in [5, 5.41) is 18.9. The molecule has 2 rings (SSSR count). The minimum absolute atomic E-state index is 0.0267. The lowest BCUT2D eigenvalue weighted by atomic mass is 10.0. The van der Waals surface area contributed by atoms with Gasteiger partial charge in [-0.25, -0.2) is 0 Å². The third kappa shape index (κ3) is 2.41. The predicted molar refractivity (Wildman–Crippen MR) is 68.2 cm³/mol. The van der Waals surface area contributed by atoms with E-state index in [0.29, 0.717) is 24.3 Å². The smallest absolute Gasteiger partial charge is 0.256 e. The number of nitrogen functional groups attached to an aromatic ring is 1. The van der Waals surface area contributed by atoms with Crippen molar-refractivity contribution in [2.75, 3.05) is 18.8 Å². The van der Waals surface area contributed by atoms with Crippen LogP contribution in [0, 0.1) is 5.92 Å². The van der Waals surface area contributed by atoms with Crippen LogP contribution in [0.2, 0.25) is 0 Å². The van der Waals surface area contributed by atoms with Crippen LogP contribution in [0.4, 0.5) is 5.69 Å². The predicted octanol–water partition coefficient (Wildman–Crippen LogP) is 0.817. The van der Waals surface area contributed by atoms with E-state index in [4.69, 9.17) is 5.73 Å². The monoisotopic (exact) mass is 250 g/mol. The van der Waals surface area contributed by atoms with Crippen LogP contribution in [0.5, 0.6) is 5.75 Å². The van der Waals surface area contributed by atoms with E-state index in [1.165, 1.54) is 18.2 Å². The molecule has 0 bridgehead atoms. The van der Waals surface area contributed by atoms with Gasteiger partial charge in [0.1, 0.15) is 5.75 Å². The Morgan fingerprint density at radius 3 is 2.89 bits per heavy atom. The lowest BCUT2D eigenvalue weighted by Gasteiger charge is -2.18. The number of aromatic hydroxyl groups is 1. The Bertz CT molecular complexity index is 460. The van der Waals surface area contributed by atoms with E-state index < -0.39 is 6.10 Å². The fourth-order valence-corrected chi connectivity index (χ4v) is 2.27. The van der Waals surface area contributed by atoms with E-state index in [1.807, 2.05) is 0 Å². The number of hydrogen-bond donors (Lipinski definition) is 3. The molecule has 0 aromatic heterocycles. The van der Waals surface area contributed by atoms with Crippen LogP contribution < -0.4 is 5.73 Å². The second-order valence-electron chi connectivity index (χ2n) is 4.81. The molecule has 1 aliphatic rings. The number of aliphatic hydroxyl groups excluding tert-OH is 1. The zero-order valence-corrected chi connectivity index (χ0v) is 10.3. The number of aliphatic hydroxyl groups is 1. The zero-order chi connectivity index (χ0) is 13.3. The molecule has 18 heavy (non-hydrogen) atoms. The highest BCUT2D eigenvalue weighted by Crippen LogP contribution is 2.25. The number of anilines is 1. The first-order chi connectivity index (χ1) is 8.49. The van der Waals surface area contributed by atoms with E-state index in [0.717, 1.165) is 6.42 Å². The maximum Gasteiger partial charge on any atom is 0.256 e. The van der Waals surface area contributed by atoms with E-state index in [2.05, 4.69) is 0 Å². The Kier molecular flexibility index (Phi) is 3.43. The van der Waals surface area contributed by atoms with E-state index in [-0.39, 0.29) is 17.6 Å². The van der Waals surface area contributed by atoms with Gasteiger partial charge >= 0.3 is 0 Å². The molecule has 0 radical (unpaired) electrons. The molecule has 1 amide bonds. The van der Waals surface area contributed by atoms with Gasteiger partial charge in [0.05, 0.1) is 11.7 Å². The third-order valence-corrected chi connectivity index (χ3v) is 3.46. The van der Waals surface area contributed by atoms with Gasteiger partial charge in [-0.3, -0.25) is 4.79 Å². The Labute approximate surface area is 106 Å². The molecule has 2 unspecified atom stereocenters.